The van der Waals surface area contributed by atoms with Crippen LogP contribution in [0.15, 0.2) is 40.9 Å². The predicted molar refractivity (Wildman–Crippen MR) is 112 cm³/mol. The lowest BCUT2D eigenvalue weighted by atomic mass is 10.1. The summed E-state index contributed by atoms with van der Waals surface area (Å²) in [6.45, 7) is 1.94. The Bertz CT molecular complexity index is 1020. The van der Waals surface area contributed by atoms with Gasteiger partial charge in [0.05, 0.1) is 22.4 Å². The minimum absolute atomic E-state index is 0.109. The molecule has 1 heterocycles. The van der Waals surface area contributed by atoms with Crippen LogP contribution < -0.4 is 10.6 Å². The van der Waals surface area contributed by atoms with E-state index in [0.29, 0.717) is 28.8 Å². The van der Waals surface area contributed by atoms with Crippen molar-refractivity contribution in [2.45, 2.75) is 19.8 Å². The SMILES string of the molecule is CNC(=O)c1c(C)cccc1NC(=O)CCCN1C(=O)c2ccc(Br)cc2C1=O. The van der Waals surface area contributed by atoms with Crippen LogP contribution >= 0.6 is 15.9 Å². The van der Waals surface area contributed by atoms with E-state index in [2.05, 4.69) is 26.6 Å². The summed E-state index contributed by atoms with van der Waals surface area (Å²) in [7, 11) is 1.53. The van der Waals surface area contributed by atoms with Crippen molar-refractivity contribution in [3.8, 4) is 0 Å². The van der Waals surface area contributed by atoms with Crippen LogP contribution in [0.4, 0.5) is 5.69 Å². The molecule has 0 saturated carbocycles. The minimum atomic E-state index is -0.354. The van der Waals surface area contributed by atoms with Crippen molar-refractivity contribution >= 4 is 45.2 Å². The number of carbonyl (C=O) groups is 4. The van der Waals surface area contributed by atoms with E-state index in [1.54, 1.807) is 43.3 Å². The lowest BCUT2D eigenvalue weighted by Gasteiger charge is -2.15. The van der Waals surface area contributed by atoms with Crippen LogP contribution in [-0.4, -0.2) is 42.1 Å². The van der Waals surface area contributed by atoms with E-state index in [1.165, 1.54) is 7.05 Å². The number of nitrogens with zero attached hydrogens (tertiary/aromatic N) is 1. The van der Waals surface area contributed by atoms with Crippen LogP contribution in [0.1, 0.15) is 49.5 Å². The first-order valence-corrected chi connectivity index (χ1v) is 9.90. The van der Waals surface area contributed by atoms with E-state index in [9.17, 15) is 19.2 Å². The van der Waals surface area contributed by atoms with Crippen LogP contribution in [0.3, 0.4) is 0 Å². The number of hydrogen-bond acceptors (Lipinski definition) is 4. The van der Waals surface area contributed by atoms with Gasteiger partial charge in [0.15, 0.2) is 0 Å². The third-order valence-corrected chi connectivity index (χ3v) is 5.21. The monoisotopic (exact) mass is 457 g/mol. The molecule has 3 rings (SSSR count). The molecule has 0 spiro atoms. The van der Waals surface area contributed by atoms with E-state index in [4.69, 9.17) is 0 Å². The van der Waals surface area contributed by atoms with Crippen molar-refractivity contribution in [3.63, 3.8) is 0 Å². The zero-order chi connectivity index (χ0) is 21.1. The maximum atomic E-state index is 12.5. The van der Waals surface area contributed by atoms with E-state index >= 15 is 0 Å². The molecule has 2 aromatic rings. The van der Waals surface area contributed by atoms with Gasteiger partial charge in [-0.1, -0.05) is 28.1 Å². The molecule has 150 valence electrons. The predicted octanol–water partition coefficient (Wildman–Crippen LogP) is 3.13. The number of anilines is 1. The molecule has 2 N–H and O–H groups in total. The van der Waals surface area contributed by atoms with Crippen LogP contribution in [0.25, 0.3) is 0 Å². The number of aryl methyl sites for hydroxylation is 1. The van der Waals surface area contributed by atoms with Gasteiger partial charge in [0.1, 0.15) is 0 Å². The Morgan fingerprint density at radius 2 is 1.79 bits per heavy atom. The summed E-state index contributed by atoms with van der Waals surface area (Å²) in [5.74, 6) is -1.28. The molecule has 0 bridgehead atoms. The molecule has 7 nitrogen and oxygen atoms in total. The number of fused-ring (bicyclic) bond motifs is 1. The molecule has 0 atom stereocenters. The number of nitrogens with one attached hydrogen (secondary N) is 2. The van der Waals surface area contributed by atoms with Crippen LogP contribution in [-0.2, 0) is 4.79 Å². The van der Waals surface area contributed by atoms with Crippen molar-refractivity contribution in [3.05, 3.63) is 63.1 Å². The average Bonchev–Trinajstić information content (AvgIpc) is 2.92. The van der Waals surface area contributed by atoms with Gasteiger partial charge in [-0.05, 0) is 43.2 Å². The molecule has 1 aliphatic rings. The Balaban J connectivity index is 1.61. The zero-order valence-corrected chi connectivity index (χ0v) is 17.6. The molecule has 0 aromatic heterocycles. The third kappa shape index (κ3) is 4.22. The van der Waals surface area contributed by atoms with Gasteiger partial charge < -0.3 is 10.6 Å². The first kappa shape index (κ1) is 20.7. The lowest BCUT2D eigenvalue weighted by Crippen LogP contribution is -2.31. The number of hydrogen-bond donors (Lipinski definition) is 2. The summed E-state index contributed by atoms with van der Waals surface area (Å²) in [6, 6.07) is 10.2. The first-order valence-electron chi connectivity index (χ1n) is 9.10. The Morgan fingerprint density at radius 1 is 1.07 bits per heavy atom. The van der Waals surface area contributed by atoms with Crippen LogP contribution in [0.2, 0.25) is 0 Å². The second kappa shape index (κ2) is 8.57. The lowest BCUT2D eigenvalue weighted by molar-refractivity contribution is -0.116. The molecular formula is C21H20BrN3O4. The summed E-state index contributed by atoms with van der Waals surface area (Å²) in [4.78, 5) is 50.5. The van der Waals surface area contributed by atoms with Gasteiger partial charge >= 0.3 is 0 Å². The fourth-order valence-corrected chi connectivity index (χ4v) is 3.64. The summed E-state index contributed by atoms with van der Waals surface area (Å²) in [5.41, 5.74) is 2.33. The fraction of sp³-hybridized carbons (Fsp3) is 0.238. The van der Waals surface area contributed by atoms with E-state index in [0.717, 1.165) is 14.9 Å². The van der Waals surface area contributed by atoms with Crippen molar-refractivity contribution in [2.75, 3.05) is 18.9 Å². The summed E-state index contributed by atoms with van der Waals surface area (Å²) in [6.07, 6.45) is 0.428. The zero-order valence-electron chi connectivity index (χ0n) is 16.0. The Morgan fingerprint density at radius 3 is 2.52 bits per heavy atom. The quantitative estimate of drug-likeness (QED) is 0.651. The molecule has 4 amide bonds. The van der Waals surface area contributed by atoms with Gasteiger partial charge in [-0.2, -0.15) is 0 Å². The van der Waals surface area contributed by atoms with Gasteiger partial charge in [-0.15, -0.1) is 0 Å². The molecule has 0 unspecified atom stereocenters. The normalized spacial score (nSPS) is 12.7. The maximum Gasteiger partial charge on any atom is 0.261 e. The number of carbonyl (C=O) groups excluding carboxylic acids is 4. The molecule has 0 saturated heterocycles. The maximum absolute atomic E-state index is 12.5. The number of amides is 4. The van der Waals surface area contributed by atoms with Gasteiger partial charge in [0.25, 0.3) is 17.7 Å². The highest BCUT2D eigenvalue weighted by atomic mass is 79.9. The third-order valence-electron chi connectivity index (χ3n) is 4.72. The van der Waals surface area contributed by atoms with Crippen molar-refractivity contribution in [1.82, 2.24) is 10.2 Å². The molecule has 8 heteroatoms. The fourth-order valence-electron chi connectivity index (χ4n) is 3.27. The van der Waals surface area contributed by atoms with E-state index < -0.39 is 0 Å². The topological polar surface area (TPSA) is 95.6 Å². The molecule has 0 radical (unpaired) electrons. The van der Waals surface area contributed by atoms with Crippen LogP contribution in [0.5, 0.6) is 0 Å². The van der Waals surface area contributed by atoms with Gasteiger partial charge in [0.2, 0.25) is 5.91 Å². The highest BCUT2D eigenvalue weighted by molar-refractivity contribution is 9.10. The average molecular weight is 458 g/mol. The Kier molecular flexibility index (Phi) is 6.12. The largest absolute Gasteiger partial charge is 0.355 e. The standard InChI is InChI=1S/C21H20BrN3O4/c1-12-5-3-6-16(18(12)19(27)23-2)24-17(26)7-4-10-25-20(28)14-9-8-13(22)11-15(14)21(25)29/h3,5-6,8-9,11H,4,7,10H2,1-2H3,(H,23,27)(H,24,26). The highest BCUT2D eigenvalue weighted by Crippen LogP contribution is 2.26. The highest BCUT2D eigenvalue weighted by Gasteiger charge is 2.35. The second-order valence-electron chi connectivity index (χ2n) is 6.68. The Labute approximate surface area is 176 Å². The van der Waals surface area contributed by atoms with Gasteiger partial charge in [-0.25, -0.2) is 0 Å². The summed E-state index contributed by atoms with van der Waals surface area (Å²) >= 11 is 3.30. The Hall–Kier alpha value is -3.00. The van der Waals surface area contributed by atoms with Gasteiger partial charge in [-0.3, -0.25) is 24.1 Å². The summed E-state index contributed by atoms with van der Waals surface area (Å²) < 4.78 is 0.726. The number of rotatable bonds is 6. The first-order chi connectivity index (χ1) is 13.8. The molecule has 29 heavy (non-hydrogen) atoms. The molecule has 1 aliphatic heterocycles. The number of halogens is 1. The van der Waals surface area contributed by atoms with E-state index in [-0.39, 0.29) is 36.6 Å². The molecule has 0 aliphatic carbocycles. The molecular weight excluding hydrogens is 438 g/mol. The van der Waals surface area contributed by atoms with Gasteiger partial charge in [0, 0.05) is 24.5 Å². The van der Waals surface area contributed by atoms with E-state index in [1.807, 2.05) is 0 Å². The van der Waals surface area contributed by atoms with Crippen LogP contribution in [0, 0.1) is 6.92 Å². The smallest absolute Gasteiger partial charge is 0.261 e. The van der Waals surface area contributed by atoms with Crippen molar-refractivity contribution in [1.29, 1.82) is 0 Å². The number of benzene rings is 2. The second-order valence-corrected chi connectivity index (χ2v) is 7.60. The molecule has 2 aromatic carbocycles. The van der Waals surface area contributed by atoms with Crippen molar-refractivity contribution in [2.24, 2.45) is 0 Å². The number of imide groups is 1. The van der Waals surface area contributed by atoms with Crippen molar-refractivity contribution < 1.29 is 19.2 Å². The minimum Gasteiger partial charge on any atom is -0.355 e. The molecule has 0 fully saturated rings. The summed E-state index contributed by atoms with van der Waals surface area (Å²) in [5, 5.41) is 5.31.